The molecule has 1 aliphatic heterocycles. The maximum atomic E-state index is 12.0. The number of imidazole rings is 1. The summed E-state index contributed by atoms with van der Waals surface area (Å²) in [6.07, 6.45) is 7.42. The number of rotatable bonds is 5. The molecule has 1 aromatic carbocycles. The zero-order valence-corrected chi connectivity index (χ0v) is 14.4. The van der Waals surface area contributed by atoms with E-state index in [9.17, 15) is 4.79 Å². The van der Waals surface area contributed by atoms with Crippen LogP contribution in [0, 0.1) is 0 Å². The van der Waals surface area contributed by atoms with Gasteiger partial charge in [-0.1, -0.05) is 12.1 Å². The molecule has 0 spiro atoms. The molecule has 7 nitrogen and oxygen atoms in total. The highest BCUT2D eigenvalue weighted by molar-refractivity contribution is 5.95. The van der Waals surface area contributed by atoms with E-state index in [0.717, 1.165) is 41.2 Å². The number of carbonyl (C=O) groups is 1. The second-order valence-corrected chi connectivity index (χ2v) is 6.95. The van der Waals surface area contributed by atoms with Gasteiger partial charge in [-0.25, -0.2) is 15.0 Å². The molecule has 0 radical (unpaired) electrons. The summed E-state index contributed by atoms with van der Waals surface area (Å²) in [6, 6.07) is 8.65. The van der Waals surface area contributed by atoms with Crippen molar-refractivity contribution in [2.24, 2.45) is 0 Å². The first kappa shape index (κ1) is 15.3. The number of anilines is 2. The maximum Gasteiger partial charge on any atom is 0.227 e. The molecule has 7 heteroatoms. The Bertz CT molecular complexity index is 977. The largest absolute Gasteiger partial charge is 0.364 e. The third kappa shape index (κ3) is 2.69. The highest BCUT2D eigenvalue weighted by atomic mass is 16.2. The number of amides is 1. The van der Waals surface area contributed by atoms with Crippen molar-refractivity contribution in [2.75, 3.05) is 16.8 Å². The van der Waals surface area contributed by atoms with Crippen LogP contribution < -0.4 is 10.2 Å². The summed E-state index contributed by atoms with van der Waals surface area (Å²) in [5, 5.41) is 3.38. The molecule has 2 aliphatic rings. The van der Waals surface area contributed by atoms with Crippen molar-refractivity contribution in [1.29, 1.82) is 0 Å². The molecule has 5 rings (SSSR count). The van der Waals surface area contributed by atoms with Gasteiger partial charge in [0.15, 0.2) is 11.5 Å². The van der Waals surface area contributed by atoms with Crippen LogP contribution in [-0.4, -0.2) is 32.0 Å². The second-order valence-electron chi connectivity index (χ2n) is 6.95. The predicted octanol–water partition coefficient (Wildman–Crippen LogP) is 2.90. The molecule has 1 saturated heterocycles. The van der Waals surface area contributed by atoms with Crippen molar-refractivity contribution in [3.8, 4) is 0 Å². The summed E-state index contributed by atoms with van der Waals surface area (Å²) in [5.74, 6) is 0.954. The number of carbonyl (C=O) groups excluding carboxylic acids is 1. The van der Waals surface area contributed by atoms with Crippen molar-refractivity contribution in [3.05, 3.63) is 42.5 Å². The molecule has 1 saturated carbocycles. The van der Waals surface area contributed by atoms with Crippen LogP contribution in [-0.2, 0) is 11.3 Å². The minimum atomic E-state index is 0.207. The minimum absolute atomic E-state index is 0.207. The first-order chi connectivity index (χ1) is 12.8. The van der Waals surface area contributed by atoms with Gasteiger partial charge in [0.1, 0.15) is 11.8 Å². The van der Waals surface area contributed by atoms with Crippen LogP contribution in [0.3, 0.4) is 0 Å². The van der Waals surface area contributed by atoms with E-state index in [4.69, 9.17) is 0 Å². The van der Waals surface area contributed by atoms with E-state index in [1.54, 1.807) is 6.33 Å². The van der Waals surface area contributed by atoms with E-state index in [-0.39, 0.29) is 5.91 Å². The number of nitrogens with one attached hydrogen (secondary N) is 1. The standard InChI is InChI=1S/C19H20N6O/c26-16-5-2-8-24(16)15-4-1-3-13(9-15)10-20-18-17-19(22-11-21-18)25(12-23-17)14-6-7-14/h1,3-4,9,11-12,14H,2,5-8,10H2,(H,20,21,22). The average Bonchev–Trinajstić information content (AvgIpc) is 3.27. The second kappa shape index (κ2) is 6.09. The van der Waals surface area contributed by atoms with E-state index in [1.165, 1.54) is 12.8 Å². The number of benzene rings is 1. The van der Waals surface area contributed by atoms with Gasteiger partial charge in [0.05, 0.1) is 6.33 Å². The molecule has 2 aromatic heterocycles. The van der Waals surface area contributed by atoms with E-state index < -0.39 is 0 Å². The Kier molecular flexibility index (Phi) is 3.58. The zero-order valence-electron chi connectivity index (χ0n) is 14.4. The van der Waals surface area contributed by atoms with E-state index in [1.807, 2.05) is 23.4 Å². The first-order valence-electron chi connectivity index (χ1n) is 9.10. The van der Waals surface area contributed by atoms with Crippen molar-refractivity contribution in [2.45, 2.75) is 38.3 Å². The van der Waals surface area contributed by atoms with Gasteiger partial charge in [-0.15, -0.1) is 0 Å². The molecular formula is C19H20N6O. The fourth-order valence-electron chi connectivity index (χ4n) is 3.54. The summed E-state index contributed by atoms with van der Waals surface area (Å²) in [5.41, 5.74) is 3.78. The summed E-state index contributed by atoms with van der Waals surface area (Å²) < 4.78 is 2.14. The molecule has 1 N–H and O–H groups in total. The lowest BCUT2D eigenvalue weighted by atomic mass is 10.2. The molecule has 2 fully saturated rings. The highest BCUT2D eigenvalue weighted by Crippen LogP contribution is 2.37. The van der Waals surface area contributed by atoms with E-state index >= 15 is 0 Å². The number of nitrogens with zero attached hydrogens (tertiary/aromatic N) is 5. The number of fused-ring (bicyclic) bond motifs is 1. The van der Waals surface area contributed by atoms with Gasteiger partial charge < -0.3 is 14.8 Å². The van der Waals surface area contributed by atoms with Crippen LogP contribution in [0.4, 0.5) is 11.5 Å². The van der Waals surface area contributed by atoms with Crippen LogP contribution in [0.2, 0.25) is 0 Å². The van der Waals surface area contributed by atoms with Crippen LogP contribution in [0.5, 0.6) is 0 Å². The van der Waals surface area contributed by atoms with Crippen molar-refractivity contribution in [1.82, 2.24) is 19.5 Å². The van der Waals surface area contributed by atoms with Gasteiger partial charge in [-0.3, -0.25) is 4.79 Å². The lowest BCUT2D eigenvalue weighted by Gasteiger charge is -2.16. The van der Waals surface area contributed by atoms with E-state index in [2.05, 4.69) is 37.0 Å². The molecule has 132 valence electrons. The maximum absolute atomic E-state index is 12.0. The molecule has 26 heavy (non-hydrogen) atoms. The van der Waals surface area contributed by atoms with Crippen molar-refractivity contribution >= 4 is 28.6 Å². The SMILES string of the molecule is O=C1CCCN1c1cccc(CNc2ncnc3c2ncn3C2CC2)c1. The van der Waals surface area contributed by atoms with Crippen LogP contribution in [0.25, 0.3) is 11.2 Å². The van der Waals surface area contributed by atoms with Gasteiger partial charge in [0.25, 0.3) is 0 Å². The third-order valence-corrected chi connectivity index (χ3v) is 5.05. The summed E-state index contributed by atoms with van der Waals surface area (Å²) in [7, 11) is 0. The molecule has 3 heterocycles. The monoisotopic (exact) mass is 348 g/mol. The van der Waals surface area contributed by atoms with Crippen LogP contribution >= 0.6 is 0 Å². The number of hydrogen-bond donors (Lipinski definition) is 1. The lowest BCUT2D eigenvalue weighted by molar-refractivity contribution is -0.117. The summed E-state index contributed by atoms with van der Waals surface area (Å²) in [4.78, 5) is 27.1. The first-order valence-corrected chi connectivity index (χ1v) is 9.10. The third-order valence-electron chi connectivity index (χ3n) is 5.05. The number of aromatic nitrogens is 4. The molecule has 0 bridgehead atoms. The smallest absolute Gasteiger partial charge is 0.227 e. The van der Waals surface area contributed by atoms with Gasteiger partial charge in [0, 0.05) is 31.2 Å². The molecule has 0 atom stereocenters. The Morgan fingerprint density at radius 2 is 2.12 bits per heavy atom. The summed E-state index contributed by atoms with van der Waals surface area (Å²) >= 11 is 0. The Morgan fingerprint density at radius 3 is 2.92 bits per heavy atom. The lowest BCUT2D eigenvalue weighted by Crippen LogP contribution is -2.23. The normalized spacial score (nSPS) is 17.2. The Balaban J connectivity index is 1.36. The van der Waals surface area contributed by atoms with E-state index in [0.29, 0.717) is 19.0 Å². The number of hydrogen-bond acceptors (Lipinski definition) is 5. The fraction of sp³-hybridized carbons (Fsp3) is 0.368. The molecular weight excluding hydrogens is 328 g/mol. The Hall–Kier alpha value is -2.96. The molecule has 3 aromatic rings. The van der Waals surface area contributed by atoms with Crippen molar-refractivity contribution < 1.29 is 4.79 Å². The zero-order chi connectivity index (χ0) is 17.5. The fourth-order valence-corrected chi connectivity index (χ4v) is 3.54. The van der Waals surface area contributed by atoms with Gasteiger partial charge >= 0.3 is 0 Å². The molecule has 0 unspecified atom stereocenters. The average molecular weight is 348 g/mol. The van der Waals surface area contributed by atoms with Gasteiger partial charge in [-0.05, 0) is 37.0 Å². The topological polar surface area (TPSA) is 75.9 Å². The minimum Gasteiger partial charge on any atom is -0.364 e. The predicted molar refractivity (Wildman–Crippen MR) is 98.9 cm³/mol. The summed E-state index contributed by atoms with van der Waals surface area (Å²) in [6.45, 7) is 1.43. The van der Waals surface area contributed by atoms with Gasteiger partial charge in [-0.2, -0.15) is 0 Å². The highest BCUT2D eigenvalue weighted by Gasteiger charge is 2.26. The molecule has 1 amide bonds. The Labute approximate surface area is 151 Å². The molecule has 1 aliphatic carbocycles. The van der Waals surface area contributed by atoms with Crippen molar-refractivity contribution in [3.63, 3.8) is 0 Å². The Morgan fingerprint density at radius 1 is 1.19 bits per heavy atom. The van der Waals surface area contributed by atoms with Crippen LogP contribution in [0.15, 0.2) is 36.9 Å². The quantitative estimate of drug-likeness (QED) is 0.767. The van der Waals surface area contributed by atoms with Gasteiger partial charge in [0.2, 0.25) is 5.91 Å². The van der Waals surface area contributed by atoms with Crippen LogP contribution in [0.1, 0.15) is 37.3 Å².